The highest BCUT2D eigenvalue weighted by Gasteiger charge is 2.19. The lowest BCUT2D eigenvalue weighted by Gasteiger charge is -2.31. The molecule has 0 aromatic heterocycles. The maximum absolute atomic E-state index is 11.5. The van der Waals surface area contributed by atoms with Crippen molar-refractivity contribution in [1.82, 2.24) is 10.6 Å². The van der Waals surface area contributed by atoms with E-state index in [-0.39, 0.29) is 11.4 Å². The molecular weight excluding hydrogens is 238 g/mol. The minimum absolute atomic E-state index is 0.0897. The normalized spacial score (nSPS) is 16.4. The fourth-order valence-corrected chi connectivity index (χ4v) is 2.17. The van der Waals surface area contributed by atoms with Gasteiger partial charge >= 0.3 is 0 Å². The molecule has 4 heteroatoms. The Labute approximate surface area is 115 Å². The van der Waals surface area contributed by atoms with E-state index in [1.165, 1.54) is 5.56 Å². The lowest BCUT2D eigenvalue weighted by atomic mass is 10.1. The Bertz CT molecular complexity index is 451. The quantitative estimate of drug-likeness (QED) is 0.867. The van der Waals surface area contributed by atoms with Gasteiger partial charge in [0, 0.05) is 30.9 Å². The summed E-state index contributed by atoms with van der Waals surface area (Å²) in [5.74, 6) is 0.102. The summed E-state index contributed by atoms with van der Waals surface area (Å²) in [4.78, 5) is 13.7. The molecule has 1 aromatic rings. The molecule has 0 radical (unpaired) electrons. The predicted molar refractivity (Wildman–Crippen MR) is 78.3 cm³/mol. The van der Waals surface area contributed by atoms with Crippen LogP contribution >= 0.6 is 0 Å². The standard InChI is InChI=1S/C15H23N3O/c1-15(2,3)17-10-12-6-4-5-7-13(12)18-9-8-16-14(19)11-18/h4-7,17H,8-11H2,1-3H3,(H,16,19). The van der Waals surface area contributed by atoms with E-state index in [4.69, 9.17) is 0 Å². The maximum Gasteiger partial charge on any atom is 0.239 e. The largest absolute Gasteiger partial charge is 0.360 e. The lowest BCUT2D eigenvalue weighted by molar-refractivity contribution is -0.120. The number of nitrogens with one attached hydrogen (secondary N) is 2. The molecule has 1 fully saturated rings. The molecule has 2 rings (SSSR count). The maximum atomic E-state index is 11.5. The summed E-state index contributed by atoms with van der Waals surface area (Å²) in [6, 6.07) is 8.30. The van der Waals surface area contributed by atoms with Crippen LogP contribution in [0.2, 0.25) is 0 Å². The Morgan fingerprint density at radius 2 is 2.05 bits per heavy atom. The number of para-hydroxylation sites is 1. The highest BCUT2D eigenvalue weighted by Crippen LogP contribution is 2.21. The zero-order valence-electron chi connectivity index (χ0n) is 12.0. The van der Waals surface area contributed by atoms with Gasteiger partial charge in [0.1, 0.15) is 0 Å². The molecule has 4 nitrogen and oxygen atoms in total. The van der Waals surface area contributed by atoms with Crippen molar-refractivity contribution in [2.75, 3.05) is 24.5 Å². The van der Waals surface area contributed by atoms with Crippen molar-refractivity contribution >= 4 is 11.6 Å². The number of hydrogen-bond acceptors (Lipinski definition) is 3. The molecule has 0 unspecified atom stereocenters. The number of rotatable bonds is 3. The van der Waals surface area contributed by atoms with Crippen molar-refractivity contribution in [3.05, 3.63) is 29.8 Å². The Hall–Kier alpha value is -1.55. The van der Waals surface area contributed by atoms with Gasteiger partial charge in [-0.25, -0.2) is 0 Å². The average molecular weight is 261 g/mol. The van der Waals surface area contributed by atoms with Crippen LogP contribution in [0, 0.1) is 0 Å². The monoisotopic (exact) mass is 261 g/mol. The average Bonchev–Trinajstić information content (AvgIpc) is 2.36. The number of anilines is 1. The van der Waals surface area contributed by atoms with E-state index in [9.17, 15) is 4.79 Å². The molecule has 1 amide bonds. The topological polar surface area (TPSA) is 44.4 Å². The van der Waals surface area contributed by atoms with E-state index in [0.717, 1.165) is 25.3 Å². The number of carbonyl (C=O) groups excluding carboxylic acids is 1. The number of nitrogens with zero attached hydrogens (tertiary/aromatic N) is 1. The van der Waals surface area contributed by atoms with Gasteiger partial charge in [0.15, 0.2) is 0 Å². The minimum atomic E-state index is 0.0897. The first kappa shape index (κ1) is 13.9. The number of hydrogen-bond donors (Lipinski definition) is 2. The van der Waals surface area contributed by atoms with Crippen molar-refractivity contribution in [3.63, 3.8) is 0 Å². The van der Waals surface area contributed by atoms with Crippen molar-refractivity contribution in [2.45, 2.75) is 32.9 Å². The van der Waals surface area contributed by atoms with Crippen molar-refractivity contribution in [3.8, 4) is 0 Å². The lowest BCUT2D eigenvalue weighted by Crippen LogP contribution is -2.48. The van der Waals surface area contributed by atoms with Crippen molar-refractivity contribution in [1.29, 1.82) is 0 Å². The molecule has 19 heavy (non-hydrogen) atoms. The second kappa shape index (κ2) is 5.61. The van der Waals surface area contributed by atoms with Crippen LogP contribution in [0.5, 0.6) is 0 Å². The third-order valence-corrected chi connectivity index (χ3v) is 3.18. The fourth-order valence-electron chi connectivity index (χ4n) is 2.17. The van der Waals surface area contributed by atoms with Gasteiger partial charge in [0.2, 0.25) is 5.91 Å². The number of amides is 1. The highest BCUT2D eigenvalue weighted by atomic mass is 16.2. The molecule has 1 aliphatic heterocycles. The first-order chi connectivity index (χ1) is 8.96. The van der Waals surface area contributed by atoms with Gasteiger partial charge in [-0.15, -0.1) is 0 Å². The van der Waals surface area contributed by atoms with E-state index >= 15 is 0 Å². The van der Waals surface area contributed by atoms with E-state index < -0.39 is 0 Å². The molecule has 2 N–H and O–H groups in total. The fraction of sp³-hybridized carbons (Fsp3) is 0.533. The third-order valence-electron chi connectivity index (χ3n) is 3.18. The van der Waals surface area contributed by atoms with Crippen LogP contribution in [0.1, 0.15) is 26.3 Å². The predicted octanol–water partition coefficient (Wildman–Crippen LogP) is 1.51. The van der Waals surface area contributed by atoms with Crippen LogP contribution < -0.4 is 15.5 Å². The first-order valence-corrected chi connectivity index (χ1v) is 6.80. The molecule has 0 bridgehead atoms. The van der Waals surface area contributed by atoms with Crippen molar-refractivity contribution in [2.24, 2.45) is 0 Å². The molecule has 1 heterocycles. The molecule has 104 valence electrons. The summed E-state index contributed by atoms with van der Waals surface area (Å²) < 4.78 is 0. The smallest absolute Gasteiger partial charge is 0.239 e. The van der Waals surface area contributed by atoms with Crippen LogP contribution in [-0.4, -0.2) is 31.1 Å². The first-order valence-electron chi connectivity index (χ1n) is 6.80. The van der Waals surface area contributed by atoms with E-state index in [2.05, 4.69) is 48.4 Å². The summed E-state index contributed by atoms with van der Waals surface area (Å²) in [5, 5.41) is 6.36. The zero-order valence-corrected chi connectivity index (χ0v) is 12.0. The second-order valence-corrected chi connectivity index (χ2v) is 6.00. The van der Waals surface area contributed by atoms with Crippen LogP contribution in [0.4, 0.5) is 5.69 Å². The molecule has 0 saturated carbocycles. The zero-order chi connectivity index (χ0) is 13.9. The van der Waals surface area contributed by atoms with Crippen molar-refractivity contribution < 1.29 is 4.79 Å². The Kier molecular flexibility index (Phi) is 4.10. The molecule has 1 aliphatic rings. The summed E-state index contributed by atoms with van der Waals surface area (Å²) in [5.41, 5.74) is 2.49. The molecule has 1 saturated heterocycles. The van der Waals surface area contributed by atoms with Gasteiger partial charge in [-0.2, -0.15) is 0 Å². The summed E-state index contributed by atoms with van der Waals surface area (Å²) >= 11 is 0. The van der Waals surface area contributed by atoms with Crippen LogP contribution in [0.15, 0.2) is 24.3 Å². The van der Waals surface area contributed by atoms with Gasteiger partial charge in [-0.3, -0.25) is 4.79 Å². The Balaban J connectivity index is 2.13. The summed E-state index contributed by atoms with van der Waals surface area (Å²) in [6.07, 6.45) is 0. The molecule has 0 spiro atoms. The van der Waals surface area contributed by atoms with Gasteiger partial charge in [0.05, 0.1) is 6.54 Å². The van der Waals surface area contributed by atoms with Crippen LogP contribution in [0.25, 0.3) is 0 Å². The SMILES string of the molecule is CC(C)(C)NCc1ccccc1N1CCNC(=O)C1. The van der Waals surface area contributed by atoms with Gasteiger partial charge in [0.25, 0.3) is 0 Å². The Morgan fingerprint density at radius 1 is 1.32 bits per heavy atom. The van der Waals surface area contributed by atoms with E-state index in [0.29, 0.717) is 6.54 Å². The molecular formula is C15H23N3O. The minimum Gasteiger partial charge on any atom is -0.360 e. The van der Waals surface area contributed by atoms with Gasteiger partial charge in [-0.05, 0) is 32.4 Å². The molecule has 0 aliphatic carbocycles. The molecule has 1 aromatic carbocycles. The second-order valence-electron chi connectivity index (χ2n) is 6.00. The van der Waals surface area contributed by atoms with Crippen LogP contribution in [-0.2, 0) is 11.3 Å². The highest BCUT2D eigenvalue weighted by molar-refractivity contribution is 5.83. The summed E-state index contributed by atoms with van der Waals surface area (Å²) in [6.45, 7) is 9.33. The van der Waals surface area contributed by atoms with E-state index in [1.807, 2.05) is 12.1 Å². The third kappa shape index (κ3) is 3.96. The summed E-state index contributed by atoms with van der Waals surface area (Å²) in [7, 11) is 0. The van der Waals surface area contributed by atoms with Gasteiger partial charge < -0.3 is 15.5 Å². The van der Waals surface area contributed by atoms with Crippen LogP contribution in [0.3, 0.4) is 0 Å². The Morgan fingerprint density at radius 3 is 2.74 bits per heavy atom. The molecule has 0 atom stereocenters. The van der Waals surface area contributed by atoms with E-state index in [1.54, 1.807) is 0 Å². The van der Waals surface area contributed by atoms with Gasteiger partial charge in [-0.1, -0.05) is 18.2 Å². The number of carbonyl (C=O) groups is 1. The number of piperazine rings is 1. The number of benzene rings is 1.